The number of anilines is 1. The molecule has 4 nitrogen and oxygen atoms in total. The summed E-state index contributed by atoms with van der Waals surface area (Å²) in [5.41, 5.74) is 6.53. The number of fused-ring (bicyclic) bond motifs is 1. The average molecular weight is 216 g/mol. The summed E-state index contributed by atoms with van der Waals surface area (Å²) in [7, 11) is 0. The van der Waals surface area contributed by atoms with Gasteiger partial charge < -0.3 is 11.1 Å². The van der Waals surface area contributed by atoms with Crippen molar-refractivity contribution in [3.8, 4) is 0 Å². The molecule has 0 aliphatic carbocycles. The van der Waals surface area contributed by atoms with Gasteiger partial charge in [0, 0.05) is 11.9 Å². The largest absolute Gasteiger partial charge is 0.369 e. The Bertz CT molecular complexity index is 481. The molecule has 0 saturated carbocycles. The third kappa shape index (κ3) is 2.12. The zero-order valence-corrected chi connectivity index (χ0v) is 9.40. The molecule has 3 N–H and O–H groups in total. The fourth-order valence-corrected chi connectivity index (χ4v) is 1.59. The van der Waals surface area contributed by atoms with Crippen LogP contribution >= 0.6 is 0 Å². The Hall–Kier alpha value is -1.68. The molecule has 0 radical (unpaired) electrons. The van der Waals surface area contributed by atoms with Crippen molar-refractivity contribution in [1.82, 2.24) is 9.97 Å². The van der Waals surface area contributed by atoms with E-state index in [-0.39, 0.29) is 0 Å². The minimum atomic E-state index is 0.367. The molecule has 0 bridgehead atoms. The first-order chi connectivity index (χ1) is 7.85. The summed E-state index contributed by atoms with van der Waals surface area (Å²) < 4.78 is 0. The summed E-state index contributed by atoms with van der Waals surface area (Å²) in [5, 5.41) is 4.35. The SMILES string of the molecule is CCCNc1nc(CN)nc2ccccc12. The monoisotopic (exact) mass is 216 g/mol. The van der Waals surface area contributed by atoms with E-state index in [1.54, 1.807) is 0 Å². The smallest absolute Gasteiger partial charge is 0.144 e. The first-order valence-electron chi connectivity index (χ1n) is 5.54. The second kappa shape index (κ2) is 4.90. The molecule has 0 spiro atoms. The van der Waals surface area contributed by atoms with Crippen LogP contribution in [0.3, 0.4) is 0 Å². The normalized spacial score (nSPS) is 10.6. The van der Waals surface area contributed by atoms with Gasteiger partial charge in [-0.2, -0.15) is 0 Å². The van der Waals surface area contributed by atoms with Crippen LogP contribution in [0.2, 0.25) is 0 Å². The van der Waals surface area contributed by atoms with Gasteiger partial charge in [-0.3, -0.25) is 0 Å². The molecular formula is C12H16N4. The van der Waals surface area contributed by atoms with Crippen LogP contribution in [0.25, 0.3) is 10.9 Å². The summed E-state index contributed by atoms with van der Waals surface area (Å²) in [4.78, 5) is 8.80. The van der Waals surface area contributed by atoms with E-state index in [1.165, 1.54) is 0 Å². The van der Waals surface area contributed by atoms with Gasteiger partial charge in [0.25, 0.3) is 0 Å². The van der Waals surface area contributed by atoms with E-state index in [0.717, 1.165) is 29.7 Å². The molecule has 1 aromatic carbocycles. The first kappa shape index (κ1) is 10.8. The molecule has 16 heavy (non-hydrogen) atoms. The number of hydrogen-bond acceptors (Lipinski definition) is 4. The van der Waals surface area contributed by atoms with E-state index in [2.05, 4.69) is 22.2 Å². The minimum absolute atomic E-state index is 0.367. The van der Waals surface area contributed by atoms with Crippen LogP contribution in [0.15, 0.2) is 24.3 Å². The average Bonchev–Trinajstić information content (AvgIpc) is 2.35. The molecular weight excluding hydrogens is 200 g/mol. The third-order valence-electron chi connectivity index (χ3n) is 2.37. The number of para-hydroxylation sites is 1. The van der Waals surface area contributed by atoms with Gasteiger partial charge in [0.05, 0.1) is 12.1 Å². The number of aromatic nitrogens is 2. The second-order valence-corrected chi connectivity index (χ2v) is 3.64. The Morgan fingerprint density at radius 3 is 2.81 bits per heavy atom. The number of nitrogens with one attached hydrogen (secondary N) is 1. The molecule has 0 saturated heterocycles. The molecule has 0 aliphatic heterocycles. The van der Waals surface area contributed by atoms with Crippen LogP contribution in [0.5, 0.6) is 0 Å². The number of rotatable bonds is 4. The van der Waals surface area contributed by atoms with Gasteiger partial charge in [0.1, 0.15) is 11.6 Å². The molecule has 0 atom stereocenters. The predicted octanol–water partition coefficient (Wildman–Crippen LogP) is 1.91. The highest BCUT2D eigenvalue weighted by molar-refractivity contribution is 5.88. The molecule has 0 aliphatic rings. The molecule has 1 aromatic heterocycles. The van der Waals surface area contributed by atoms with Crippen molar-refractivity contribution in [2.24, 2.45) is 5.73 Å². The zero-order valence-electron chi connectivity index (χ0n) is 9.40. The van der Waals surface area contributed by atoms with Crippen molar-refractivity contribution in [2.45, 2.75) is 19.9 Å². The summed E-state index contributed by atoms with van der Waals surface area (Å²) in [6.07, 6.45) is 1.07. The molecule has 0 amide bonds. The summed E-state index contributed by atoms with van der Waals surface area (Å²) >= 11 is 0. The number of nitrogens with zero attached hydrogens (tertiary/aromatic N) is 2. The van der Waals surface area contributed by atoms with Gasteiger partial charge in [-0.05, 0) is 18.6 Å². The zero-order chi connectivity index (χ0) is 11.4. The predicted molar refractivity (Wildman–Crippen MR) is 66.2 cm³/mol. The van der Waals surface area contributed by atoms with E-state index in [0.29, 0.717) is 12.4 Å². The second-order valence-electron chi connectivity index (χ2n) is 3.64. The van der Waals surface area contributed by atoms with Crippen molar-refractivity contribution >= 4 is 16.7 Å². The third-order valence-corrected chi connectivity index (χ3v) is 2.37. The summed E-state index contributed by atoms with van der Waals surface area (Å²) in [6.45, 7) is 3.40. The number of hydrogen-bond donors (Lipinski definition) is 2. The maximum Gasteiger partial charge on any atom is 0.144 e. The molecule has 84 valence electrons. The van der Waals surface area contributed by atoms with Crippen molar-refractivity contribution in [2.75, 3.05) is 11.9 Å². The standard InChI is InChI=1S/C12H16N4/c1-2-7-14-12-9-5-3-4-6-10(9)15-11(8-13)16-12/h3-6H,2,7-8,13H2,1H3,(H,14,15,16). The molecule has 2 rings (SSSR count). The number of benzene rings is 1. The lowest BCUT2D eigenvalue weighted by atomic mass is 10.2. The Morgan fingerprint density at radius 1 is 1.25 bits per heavy atom. The van der Waals surface area contributed by atoms with Gasteiger partial charge >= 0.3 is 0 Å². The molecule has 0 fully saturated rings. The topological polar surface area (TPSA) is 63.8 Å². The van der Waals surface area contributed by atoms with Crippen LogP contribution in [0, 0.1) is 0 Å². The summed E-state index contributed by atoms with van der Waals surface area (Å²) in [5.74, 6) is 1.56. The van der Waals surface area contributed by atoms with Gasteiger partial charge in [-0.15, -0.1) is 0 Å². The Balaban J connectivity index is 2.50. The highest BCUT2D eigenvalue weighted by Gasteiger charge is 2.05. The highest BCUT2D eigenvalue weighted by atomic mass is 15.0. The fourth-order valence-electron chi connectivity index (χ4n) is 1.59. The molecule has 4 heteroatoms. The maximum absolute atomic E-state index is 5.59. The Labute approximate surface area is 94.9 Å². The van der Waals surface area contributed by atoms with E-state index in [9.17, 15) is 0 Å². The lowest BCUT2D eigenvalue weighted by Gasteiger charge is -2.09. The highest BCUT2D eigenvalue weighted by Crippen LogP contribution is 2.19. The van der Waals surface area contributed by atoms with Crippen LogP contribution in [-0.2, 0) is 6.54 Å². The lowest BCUT2D eigenvalue weighted by molar-refractivity contribution is 0.912. The lowest BCUT2D eigenvalue weighted by Crippen LogP contribution is -2.08. The Kier molecular flexibility index (Phi) is 3.31. The van der Waals surface area contributed by atoms with Crippen molar-refractivity contribution in [1.29, 1.82) is 0 Å². The van der Waals surface area contributed by atoms with Crippen molar-refractivity contribution < 1.29 is 0 Å². The van der Waals surface area contributed by atoms with E-state index in [1.807, 2.05) is 24.3 Å². The van der Waals surface area contributed by atoms with Gasteiger partial charge in [-0.1, -0.05) is 19.1 Å². The van der Waals surface area contributed by atoms with E-state index >= 15 is 0 Å². The van der Waals surface area contributed by atoms with Crippen LogP contribution in [-0.4, -0.2) is 16.5 Å². The first-order valence-corrected chi connectivity index (χ1v) is 5.54. The van der Waals surface area contributed by atoms with E-state index < -0.39 is 0 Å². The van der Waals surface area contributed by atoms with Crippen molar-refractivity contribution in [3.05, 3.63) is 30.1 Å². The van der Waals surface area contributed by atoms with Crippen LogP contribution < -0.4 is 11.1 Å². The number of nitrogens with two attached hydrogens (primary N) is 1. The van der Waals surface area contributed by atoms with Gasteiger partial charge in [-0.25, -0.2) is 9.97 Å². The molecule has 0 unspecified atom stereocenters. The molecule has 2 aromatic rings. The molecule has 1 heterocycles. The van der Waals surface area contributed by atoms with Gasteiger partial charge in [0.15, 0.2) is 0 Å². The van der Waals surface area contributed by atoms with Crippen molar-refractivity contribution in [3.63, 3.8) is 0 Å². The van der Waals surface area contributed by atoms with E-state index in [4.69, 9.17) is 5.73 Å². The van der Waals surface area contributed by atoms with Crippen LogP contribution in [0.4, 0.5) is 5.82 Å². The Morgan fingerprint density at radius 2 is 2.06 bits per heavy atom. The van der Waals surface area contributed by atoms with Crippen LogP contribution in [0.1, 0.15) is 19.2 Å². The van der Waals surface area contributed by atoms with Gasteiger partial charge in [0.2, 0.25) is 0 Å². The maximum atomic E-state index is 5.59. The fraction of sp³-hybridized carbons (Fsp3) is 0.333. The quantitative estimate of drug-likeness (QED) is 0.819. The summed E-state index contributed by atoms with van der Waals surface area (Å²) in [6, 6.07) is 7.96. The minimum Gasteiger partial charge on any atom is -0.369 e.